The number of hydrogen-bond donors (Lipinski definition) is 1. The molecule has 0 spiro atoms. The normalized spacial score (nSPS) is 17.0. The van der Waals surface area contributed by atoms with Gasteiger partial charge in [-0.3, -0.25) is 0 Å². The third-order valence-electron chi connectivity index (χ3n) is 4.42. The zero-order valence-electron chi connectivity index (χ0n) is 15.1. The van der Waals surface area contributed by atoms with Crippen molar-refractivity contribution in [2.45, 2.75) is 32.6 Å². The van der Waals surface area contributed by atoms with Crippen LogP contribution in [0.2, 0.25) is 0 Å². The molecule has 1 fully saturated rings. The van der Waals surface area contributed by atoms with E-state index in [-0.39, 0.29) is 6.03 Å². The standard InChI is InChI=1S/C19H27N3O3/c1-3-25-18-9-8-17(12-16(18)13-20)21-19(23)22-10-4-6-15(14-22)7-5-11-24-2/h8-9,12,15H,3-7,10-11,14H2,1-2H3,(H,21,23)/t15-/m0/s1. The molecule has 0 bridgehead atoms. The second kappa shape index (κ2) is 9.90. The summed E-state index contributed by atoms with van der Waals surface area (Å²) >= 11 is 0. The number of hydrogen-bond acceptors (Lipinski definition) is 4. The van der Waals surface area contributed by atoms with E-state index < -0.39 is 0 Å². The fraction of sp³-hybridized carbons (Fsp3) is 0.579. The summed E-state index contributed by atoms with van der Waals surface area (Å²) in [5.74, 6) is 1.07. The number of piperidine rings is 1. The Bertz CT molecular complexity index is 612. The van der Waals surface area contributed by atoms with Gasteiger partial charge in [0.15, 0.2) is 0 Å². The minimum Gasteiger partial charge on any atom is -0.492 e. The molecule has 1 aliphatic heterocycles. The van der Waals surface area contributed by atoms with Crippen molar-refractivity contribution < 1.29 is 14.3 Å². The van der Waals surface area contributed by atoms with Gasteiger partial charge in [0.05, 0.1) is 12.2 Å². The number of carbonyl (C=O) groups excluding carboxylic acids is 1. The predicted octanol–water partition coefficient (Wildman–Crippen LogP) is 3.63. The smallest absolute Gasteiger partial charge is 0.321 e. The molecule has 1 atom stereocenters. The number of nitriles is 1. The van der Waals surface area contributed by atoms with Crippen LogP contribution in [0, 0.1) is 17.2 Å². The monoisotopic (exact) mass is 345 g/mol. The van der Waals surface area contributed by atoms with Crippen LogP contribution >= 0.6 is 0 Å². The summed E-state index contributed by atoms with van der Waals surface area (Å²) in [4.78, 5) is 14.4. The van der Waals surface area contributed by atoms with E-state index in [2.05, 4.69) is 11.4 Å². The van der Waals surface area contributed by atoms with E-state index in [4.69, 9.17) is 9.47 Å². The highest BCUT2D eigenvalue weighted by Crippen LogP contribution is 2.24. The van der Waals surface area contributed by atoms with Crippen LogP contribution in [0.3, 0.4) is 0 Å². The number of anilines is 1. The molecule has 2 amide bonds. The van der Waals surface area contributed by atoms with Crippen LogP contribution in [0.25, 0.3) is 0 Å². The van der Waals surface area contributed by atoms with Gasteiger partial charge in [0.25, 0.3) is 0 Å². The fourth-order valence-corrected chi connectivity index (χ4v) is 3.18. The molecule has 136 valence electrons. The van der Waals surface area contributed by atoms with E-state index in [1.807, 2.05) is 11.8 Å². The van der Waals surface area contributed by atoms with Crippen molar-refractivity contribution in [3.63, 3.8) is 0 Å². The summed E-state index contributed by atoms with van der Waals surface area (Å²) in [5, 5.41) is 12.1. The zero-order chi connectivity index (χ0) is 18.1. The number of likely N-dealkylation sites (tertiary alicyclic amines) is 1. The lowest BCUT2D eigenvalue weighted by atomic mass is 9.94. The number of nitrogens with zero attached hydrogens (tertiary/aromatic N) is 2. The number of carbonyl (C=O) groups is 1. The lowest BCUT2D eigenvalue weighted by Gasteiger charge is -2.32. The number of rotatable bonds is 7. The summed E-state index contributed by atoms with van der Waals surface area (Å²) in [6, 6.07) is 7.15. The summed E-state index contributed by atoms with van der Waals surface area (Å²) < 4.78 is 10.5. The number of urea groups is 1. The van der Waals surface area contributed by atoms with Crippen LogP contribution in [-0.2, 0) is 4.74 Å². The van der Waals surface area contributed by atoms with Gasteiger partial charge >= 0.3 is 6.03 Å². The molecular formula is C19H27N3O3. The Kier molecular flexibility index (Phi) is 7.55. The lowest BCUT2D eigenvalue weighted by Crippen LogP contribution is -2.42. The van der Waals surface area contributed by atoms with Crippen molar-refractivity contribution in [1.82, 2.24) is 4.90 Å². The largest absolute Gasteiger partial charge is 0.492 e. The molecular weight excluding hydrogens is 318 g/mol. The summed E-state index contributed by atoms with van der Waals surface area (Å²) in [7, 11) is 1.72. The Hall–Kier alpha value is -2.26. The van der Waals surface area contributed by atoms with Crippen LogP contribution in [0.5, 0.6) is 5.75 Å². The number of benzene rings is 1. The Morgan fingerprint density at radius 2 is 2.32 bits per heavy atom. The average molecular weight is 345 g/mol. The Morgan fingerprint density at radius 3 is 3.04 bits per heavy atom. The van der Waals surface area contributed by atoms with Crippen LogP contribution in [0.1, 0.15) is 38.2 Å². The van der Waals surface area contributed by atoms with Gasteiger partial charge in [-0.15, -0.1) is 0 Å². The molecule has 1 heterocycles. The first kappa shape index (κ1) is 19.1. The van der Waals surface area contributed by atoms with Crippen molar-refractivity contribution in [2.75, 3.05) is 38.7 Å². The van der Waals surface area contributed by atoms with Crippen molar-refractivity contribution in [2.24, 2.45) is 5.92 Å². The molecule has 1 aromatic rings. The van der Waals surface area contributed by atoms with Crippen molar-refractivity contribution in [1.29, 1.82) is 5.26 Å². The number of methoxy groups -OCH3 is 1. The summed E-state index contributed by atoms with van der Waals surface area (Å²) in [6.45, 7) is 4.69. The topological polar surface area (TPSA) is 74.6 Å². The second-order valence-electron chi connectivity index (χ2n) is 6.28. The van der Waals surface area contributed by atoms with Crippen LogP contribution in [-0.4, -0.2) is 44.3 Å². The maximum absolute atomic E-state index is 12.5. The summed E-state index contributed by atoms with van der Waals surface area (Å²) in [6.07, 6.45) is 4.30. The van der Waals surface area contributed by atoms with Gasteiger partial charge in [-0.05, 0) is 56.7 Å². The van der Waals surface area contributed by atoms with Gasteiger partial charge in [-0.25, -0.2) is 4.79 Å². The number of amides is 2. The minimum absolute atomic E-state index is 0.107. The maximum Gasteiger partial charge on any atom is 0.321 e. The molecule has 0 saturated carbocycles. The summed E-state index contributed by atoms with van der Waals surface area (Å²) in [5.41, 5.74) is 1.04. The van der Waals surface area contributed by atoms with Gasteiger partial charge in [0.2, 0.25) is 0 Å². The third-order valence-corrected chi connectivity index (χ3v) is 4.42. The van der Waals surface area contributed by atoms with Crippen molar-refractivity contribution in [3.05, 3.63) is 23.8 Å². The van der Waals surface area contributed by atoms with E-state index >= 15 is 0 Å². The molecule has 6 nitrogen and oxygen atoms in total. The van der Waals surface area contributed by atoms with Crippen molar-refractivity contribution >= 4 is 11.7 Å². The van der Waals surface area contributed by atoms with Gasteiger partial charge in [-0.2, -0.15) is 5.26 Å². The molecule has 25 heavy (non-hydrogen) atoms. The molecule has 0 aromatic heterocycles. The molecule has 1 saturated heterocycles. The second-order valence-corrected chi connectivity index (χ2v) is 6.28. The molecule has 6 heteroatoms. The molecule has 0 unspecified atom stereocenters. The Labute approximate surface area is 149 Å². The first-order valence-electron chi connectivity index (χ1n) is 8.89. The molecule has 0 radical (unpaired) electrons. The average Bonchev–Trinajstić information content (AvgIpc) is 2.63. The van der Waals surface area contributed by atoms with E-state index in [1.54, 1.807) is 25.3 Å². The third kappa shape index (κ3) is 5.64. The first-order chi connectivity index (χ1) is 12.2. The molecule has 1 N–H and O–H groups in total. The van der Waals surface area contributed by atoms with E-state index in [9.17, 15) is 10.1 Å². The van der Waals surface area contributed by atoms with Gasteiger partial charge in [0.1, 0.15) is 11.8 Å². The highest BCUT2D eigenvalue weighted by atomic mass is 16.5. The van der Waals surface area contributed by atoms with Crippen LogP contribution < -0.4 is 10.1 Å². The van der Waals surface area contributed by atoms with Crippen LogP contribution in [0.15, 0.2) is 18.2 Å². The molecule has 1 aromatic carbocycles. The Morgan fingerprint density at radius 1 is 1.48 bits per heavy atom. The highest BCUT2D eigenvalue weighted by molar-refractivity contribution is 5.89. The van der Waals surface area contributed by atoms with Crippen LogP contribution in [0.4, 0.5) is 10.5 Å². The van der Waals surface area contributed by atoms with Crippen molar-refractivity contribution in [3.8, 4) is 11.8 Å². The molecule has 1 aliphatic rings. The molecule has 0 aliphatic carbocycles. The molecule has 2 rings (SSSR count). The number of ether oxygens (including phenoxy) is 2. The van der Waals surface area contributed by atoms with Gasteiger partial charge < -0.3 is 19.7 Å². The Balaban J connectivity index is 1.93. The number of nitrogens with one attached hydrogen (secondary N) is 1. The van der Waals surface area contributed by atoms with E-state index in [0.29, 0.717) is 29.5 Å². The fourth-order valence-electron chi connectivity index (χ4n) is 3.18. The predicted molar refractivity (Wildman–Crippen MR) is 96.8 cm³/mol. The highest BCUT2D eigenvalue weighted by Gasteiger charge is 2.23. The van der Waals surface area contributed by atoms with Gasteiger partial charge in [-0.1, -0.05) is 0 Å². The SMILES string of the molecule is CCOc1ccc(NC(=O)N2CCC[C@@H](CCCOC)C2)cc1C#N. The lowest BCUT2D eigenvalue weighted by molar-refractivity contribution is 0.156. The van der Waals surface area contributed by atoms with Gasteiger partial charge in [0, 0.05) is 32.5 Å². The quantitative estimate of drug-likeness (QED) is 0.766. The first-order valence-corrected chi connectivity index (χ1v) is 8.89. The van der Waals surface area contributed by atoms with E-state index in [1.165, 1.54) is 0 Å². The minimum atomic E-state index is -0.107. The van der Waals surface area contributed by atoms with E-state index in [0.717, 1.165) is 45.4 Å². The zero-order valence-corrected chi connectivity index (χ0v) is 15.1. The maximum atomic E-state index is 12.5.